The van der Waals surface area contributed by atoms with Crippen molar-refractivity contribution >= 4 is 23.2 Å². The van der Waals surface area contributed by atoms with Gasteiger partial charge in [0.25, 0.3) is 0 Å². The molecule has 1 aliphatic heterocycles. The summed E-state index contributed by atoms with van der Waals surface area (Å²) in [6.45, 7) is 2.56. The largest absolute Gasteiger partial charge is 0.480 e. The molecule has 0 spiro atoms. The van der Waals surface area contributed by atoms with Crippen LogP contribution in [-0.2, 0) is 16.0 Å². The smallest absolute Gasteiger partial charge is 0.326 e. The van der Waals surface area contributed by atoms with E-state index in [9.17, 15) is 9.59 Å². The highest BCUT2D eigenvalue weighted by atomic mass is 32.1. The third-order valence-electron chi connectivity index (χ3n) is 2.98. The van der Waals surface area contributed by atoms with E-state index in [0.29, 0.717) is 19.4 Å². The lowest BCUT2D eigenvalue weighted by molar-refractivity contribution is -0.147. The van der Waals surface area contributed by atoms with E-state index in [4.69, 9.17) is 5.11 Å². The van der Waals surface area contributed by atoms with Crippen LogP contribution in [0.25, 0.3) is 0 Å². The first-order chi connectivity index (χ1) is 8.08. The van der Waals surface area contributed by atoms with Gasteiger partial charge in [0.15, 0.2) is 0 Å². The van der Waals surface area contributed by atoms with Crippen molar-refractivity contribution in [1.82, 2.24) is 4.90 Å². The normalized spacial score (nSPS) is 19.6. The van der Waals surface area contributed by atoms with Crippen molar-refractivity contribution in [1.29, 1.82) is 0 Å². The minimum Gasteiger partial charge on any atom is -0.480 e. The maximum absolute atomic E-state index is 12.0. The Morgan fingerprint density at radius 1 is 1.53 bits per heavy atom. The van der Waals surface area contributed by atoms with Crippen LogP contribution in [0.3, 0.4) is 0 Å². The predicted molar refractivity (Wildman–Crippen MR) is 65.1 cm³/mol. The standard InChI is InChI=1S/C12H15NO3S/c1-8-4-5-9(17-8)7-11(14)13-6-2-3-10(13)12(15)16/h4-5,10H,2-3,6-7H2,1H3,(H,15,16)/t10-/m1/s1. The molecule has 2 heterocycles. The maximum atomic E-state index is 12.0. The summed E-state index contributed by atoms with van der Waals surface area (Å²) in [7, 11) is 0. The summed E-state index contributed by atoms with van der Waals surface area (Å²) in [6.07, 6.45) is 1.68. The minimum atomic E-state index is -0.891. The number of hydrogen-bond donors (Lipinski definition) is 1. The topological polar surface area (TPSA) is 57.6 Å². The van der Waals surface area contributed by atoms with E-state index in [1.807, 2.05) is 19.1 Å². The summed E-state index contributed by atoms with van der Waals surface area (Å²) >= 11 is 1.59. The van der Waals surface area contributed by atoms with Crippen molar-refractivity contribution in [3.63, 3.8) is 0 Å². The number of likely N-dealkylation sites (tertiary alicyclic amines) is 1. The fourth-order valence-corrected chi connectivity index (χ4v) is 3.03. The predicted octanol–water partition coefficient (Wildman–Crippen LogP) is 1.67. The molecule has 1 N–H and O–H groups in total. The minimum absolute atomic E-state index is 0.0725. The van der Waals surface area contributed by atoms with Crippen LogP contribution < -0.4 is 0 Å². The summed E-state index contributed by atoms with van der Waals surface area (Å²) in [5.41, 5.74) is 0. The van der Waals surface area contributed by atoms with E-state index in [1.165, 1.54) is 9.78 Å². The quantitative estimate of drug-likeness (QED) is 0.891. The molecule has 1 amide bonds. The van der Waals surface area contributed by atoms with E-state index in [1.54, 1.807) is 11.3 Å². The van der Waals surface area contributed by atoms with Crippen LogP contribution in [0.1, 0.15) is 22.6 Å². The Bertz CT molecular complexity index is 441. The third-order valence-corrected chi connectivity index (χ3v) is 3.98. The molecule has 1 saturated heterocycles. The van der Waals surface area contributed by atoms with Crippen LogP contribution in [0.4, 0.5) is 0 Å². The molecule has 0 bridgehead atoms. The number of amides is 1. The van der Waals surface area contributed by atoms with Gasteiger partial charge in [0.1, 0.15) is 6.04 Å². The van der Waals surface area contributed by atoms with Gasteiger partial charge < -0.3 is 10.0 Å². The second-order valence-electron chi connectivity index (χ2n) is 4.27. The Labute approximate surface area is 104 Å². The van der Waals surface area contributed by atoms with Crippen molar-refractivity contribution in [2.45, 2.75) is 32.2 Å². The van der Waals surface area contributed by atoms with E-state index < -0.39 is 12.0 Å². The van der Waals surface area contributed by atoms with Gasteiger partial charge >= 0.3 is 5.97 Å². The lowest BCUT2D eigenvalue weighted by Crippen LogP contribution is -2.41. The number of carboxylic acids is 1. The molecule has 0 radical (unpaired) electrons. The van der Waals surface area contributed by atoms with Crippen LogP contribution in [-0.4, -0.2) is 34.5 Å². The summed E-state index contributed by atoms with van der Waals surface area (Å²) < 4.78 is 0. The van der Waals surface area contributed by atoms with E-state index in [2.05, 4.69) is 0 Å². The molecule has 0 saturated carbocycles. The molecule has 4 nitrogen and oxygen atoms in total. The fraction of sp³-hybridized carbons (Fsp3) is 0.500. The van der Waals surface area contributed by atoms with Gasteiger partial charge in [-0.3, -0.25) is 4.79 Å². The zero-order chi connectivity index (χ0) is 12.4. The number of carboxylic acid groups (broad SMARTS) is 1. The molecule has 0 aromatic carbocycles. The van der Waals surface area contributed by atoms with Gasteiger partial charge in [0, 0.05) is 16.3 Å². The summed E-state index contributed by atoms with van der Waals surface area (Å²) in [6, 6.07) is 3.29. The van der Waals surface area contributed by atoms with Gasteiger partial charge in [0.05, 0.1) is 6.42 Å². The maximum Gasteiger partial charge on any atom is 0.326 e. The summed E-state index contributed by atoms with van der Waals surface area (Å²) in [5, 5.41) is 9.01. The number of aliphatic carboxylic acids is 1. The van der Waals surface area contributed by atoms with Crippen LogP contribution in [0.15, 0.2) is 12.1 Å². The number of carbonyl (C=O) groups is 2. The number of aryl methyl sites for hydroxylation is 1. The lowest BCUT2D eigenvalue weighted by atomic mass is 10.2. The van der Waals surface area contributed by atoms with Gasteiger partial charge in [-0.25, -0.2) is 4.79 Å². The molecule has 92 valence electrons. The van der Waals surface area contributed by atoms with Crippen molar-refractivity contribution in [2.24, 2.45) is 0 Å². The molecule has 0 aliphatic carbocycles. The highest BCUT2D eigenvalue weighted by molar-refractivity contribution is 7.12. The van der Waals surface area contributed by atoms with Crippen molar-refractivity contribution in [3.8, 4) is 0 Å². The molecule has 1 aromatic heterocycles. The first-order valence-corrected chi connectivity index (χ1v) is 6.47. The summed E-state index contributed by atoms with van der Waals surface area (Å²) in [5.74, 6) is -0.963. The van der Waals surface area contributed by atoms with E-state index in [-0.39, 0.29) is 5.91 Å². The average Bonchev–Trinajstić information content (AvgIpc) is 2.86. The van der Waals surface area contributed by atoms with Gasteiger partial charge in [-0.15, -0.1) is 11.3 Å². The molecular weight excluding hydrogens is 238 g/mol. The molecule has 0 unspecified atom stereocenters. The van der Waals surface area contributed by atoms with Gasteiger partial charge in [-0.2, -0.15) is 0 Å². The molecule has 1 fully saturated rings. The number of rotatable bonds is 3. The average molecular weight is 253 g/mol. The monoisotopic (exact) mass is 253 g/mol. The SMILES string of the molecule is Cc1ccc(CC(=O)N2CCC[C@@H]2C(=O)O)s1. The highest BCUT2D eigenvalue weighted by Gasteiger charge is 2.33. The van der Waals surface area contributed by atoms with Crippen molar-refractivity contribution in [2.75, 3.05) is 6.54 Å². The van der Waals surface area contributed by atoms with Gasteiger partial charge in [-0.05, 0) is 31.9 Å². The first kappa shape index (κ1) is 12.1. The molecular formula is C12H15NO3S. The van der Waals surface area contributed by atoms with Crippen LogP contribution in [0, 0.1) is 6.92 Å². The van der Waals surface area contributed by atoms with E-state index >= 15 is 0 Å². The van der Waals surface area contributed by atoms with Crippen LogP contribution in [0.2, 0.25) is 0 Å². The zero-order valence-corrected chi connectivity index (χ0v) is 10.5. The number of hydrogen-bond acceptors (Lipinski definition) is 3. The third kappa shape index (κ3) is 2.66. The first-order valence-electron chi connectivity index (χ1n) is 5.65. The Morgan fingerprint density at radius 3 is 2.88 bits per heavy atom. The number of nitrogens with zero attached hydrogens (tertiary/aromatic N) is 1. The fourth-order valence-electron chi connectivity index (χ4n) is 2.15. The Morgan fingerprint density at radius 2 is 2.29 bits per heavy atom. The molecule has 1 aromatic rings. The molecule has 5 heteroatoms. The highest BCUT2D eigenvalue weighted by Crippen LogP contribution is 2.21. The number of thiophene rings is 1. The molecule has 17 heavy (non-hydrogen) atoms. The van der Waals surface area contributed by atoms with E-state index in [0.717, 1.165) is 11.3 Å². The van der Waals surface area contributed by atoms with Crippen molar-refractivity contribution < 1.29 is 14.7 Å². The van der Waals surface area contributed by atoms with Crippen LogP contribution in [0.5, 0.6) is 0 Å². The van der Waals surface area contributed by atoms with Gasteiger partial charge in [0.2, 0.25) is 5.91 Å². The molecule has 1 atom stereocenters. The van der Waals surface area contributed by atoms with Crippen molar-refractivity contribution in [3.05, 3.63) is 21.9 Å². The Kier molecular flexibility index (Phi) is 3.47. The Hall–Kier alpha value is -1.36. The van der Waals surface area contributed by atoms with Crippen LogP contribution >= 0.6 is 11.3 Å². The zero-order valence-electron chi connectivity index (χ0n) is 9.68. The second kappa shape index (κ2) is 4.87. The number of carbonyl (C=O) groups excluding carboxylic acids is 1. The van der Waals surface area contributed by atoms with Gasteiger partial charge in [-0.1, -0.05) is 0 Å². The summed E-state index contributed by atoms with van der Waals surface area (Å²) in [4.78, 5) is 26.7. The lowest BCUT2D eigenvalue weighted by Gasteiger charge is -2.20. The molecule has 2 rings (SSSR count). The second-order valence-corrected chi connectivity index (χ2v) is 5.64. The Balaban J connectivity index is 2.02. The molecule has 1 aliphatic rings.